The molecule has 0 atom stereocenters. The van der Waals surface area contributed by atoms with Crippen LogP contribution in [-0.4, -0.2) is 22.6 Å². The Morgan fingerprint density at radius 2 is 1.90 bits per heavy atom. The zero-order valence-corrected chi connectivity index (χ0v) is 11.3. The highest BCUT2D eigenvalue weighted by Crippen LogP contribution is 2.29. The van der Waals surface area contributed by atoms with E-state index in [2.05, 4.69) is 10.6 Å². The van der Waals surface area contributed by atoms with Gasteiger partial charge in [-0.25, -0.2) is 18.4 Å². The lowest BCUT2D eigenvalue weighted by molar-refractivity contribution is -0.144. The Labute approximate surface area is 120 Å². The minimum Gasteiger partial charge on any atom is -0.480 e. The summed E-state index contributed by atoms with van der Waals surface area (Å²) < 4.78 is 26.4. The maximum absolute atomic E-state index is 13.4. The predicted molar refractivity (Wildman–Crippen MR) is 70.6 cm³/mol. The van der Waals surface area contributed by atoms with Gasteiger partial charge in [-0.1, -0.05) is 25.0 Å². The van der Waals surface area contributed by atoms with E-state index in [0.717, 1.165) is 18.9 Å². The van der Waals surface area contributed by atoms with Crippen LogP contribution in [0.2, 0.25) is 0 Å². The van der Waals surface area contributed by atoms with E-state index in [9.17, 15) is 23.5 Å². The predicted octanol–water partition coefficient (Wildman–Crippen LogP) is 2.16. The van der Waals surface area contributed by atoms with Crippen LogP contribution in [0.15, 0.2) is 18.2 Å². The highest BCUT2D eigenvalue weighted by Gasteiger charge is 2.42. The second-order valence-corrected chi connectivity index (χ2v) is 5.11. The Balaban J connectivity index is 1.96. The lowest BCUT2D eigenvalue weighted by Gasteiger charge is -2.25. The lowest BCUT2D eigenvalue weighted by Crippen LogP contribution is -2.55. The fourth-order valence-corrected chi connectivity index (χ4v) is 2.49. The van der Waals surface area contributed by atoms with Crippen molar-refractivity contribution in [3.8, 4) is 0 Å². The molecular formula is C14H16F2N2O3. The minimum atomic E-state index is -1.26. The van der Waals surface area contributed by atoms with Crippen LogP contribution in [0.1, 0.15) is 31.2 Å². The summed E-state index contributed by atoms with van der Waals surface area (Å²) in [5.74, 6) is -3.09. The van der Waals surface area contributed by atoms with Gasteiger partial charge in [0.25, 0.3) is 0 Å². The fourth-order valence-electron chi connectivity index (χ4n) is 2.49. The van der Waals surface area contributed by atoms with Crippen molar-refractivity contribution in [3.63, 3.8) is 0 Å². The Morgan fingerprint density at radius 3 is 2.52 bits per heavy atom. The monoisotopic (exact) mass is 298 g/mol. The molecule has 0 saturated heterocycles. The van der Waals surface area contributed by atoms with Crippen LogP contribution in [0.25, 0.3) is 0 Å². The summed E-state index contributed by atoms with van der Waals surface area (Å²) in [6.07, 6.45) is 2.18. The summed E-state index contributed by atoms with van der Waals surface area (Å²) in [4.78, 5) is 23.1. The van der Waals surface area contributed by atoms with Gasteiger partial charge in [-0.05, 0) is 18.9 Å². The van der Waals surface area contributed by atoms with E-state index in [-0.39, 0.29) is 12.1 Å². The van der Waals surface area contributed by atoms with Gasteiger partial charge in [0.1, 0.15) is 5.54 Å². The van der Waals surface area contributed by atoms with E-state index in [1.165, 1.54) is 12.1 Å². The molecule has 1 fully saturated rings. The van der Waals surface area contributed by atoms with Crippen LogP contribution < -0.4 is 10.6 Å². The Bertz CT molecular complexity index is 557. The first-order valence-corrected chi connectivity index (χ1v) is 6.67. The molecule has 0 heterocycles. The summed E-state index contributed by atoms with van der Waals surface area (Å²) in [7, 11) is 0. The van der Waals surface area contributed by atoms with Gasteiger partial charge in [-0.3, -0.25) is 0 Å². The summed E-state index contributed by atoms with van der Waals surface area (Å²) in [6, 6.07) is 2.96. The highest BCUT2D eigenvalue weighted by molar-refractivity contribution is 5.86. The van der Waals surface area contributed by atoms with Gasteiger partial charge in [0.2, 0.25) is 0 Å². The largest absolute Gasteiger partial charge is 0.480 e. The van der Waals surface area contributed by atoms with Crippen LogP contribution in [0.4, 0.5) is 13.6 Å². The molecule has 1 aromatic carbocycles. The van der Waals surface area contributed by atoms with Crippen molar-refractivity contribution in [1.82, 2.24) is 10.6 Å². The van der Waals surface area contributed by atoms with Gasteiger partial charge in [0.15, 0.2) is 11.6 Å². The fraction of sp³-hybridized carbons (Fsp3) is 0.429. The number of carboxylic acid groups (broad SMARTS) is 1. The molecule has 1 aromatic rings. The average Bonchev–Trinajstić information content (AvgIpc) is 2.90. The van der Waals surface area contributed by atoms with E-state index < -0.39 is 29.2 Å². The van der Waals surface area contributed by atoms with Gasteiger partial charge in [-0.2, -0.15) is 0 Å². The summed E-state index contributed by atoms with van der Waals surface area (Å²) in [5.41, 5.74) is -1.26. The van der Waals surface area contributed by atoms with Crippen LogP contribution >= 0.6 is 0 Å². The number of benzene rings is 1. The van der Waals surface area contributed by atoms with E-state index in [1.807, 2.05) is 0 Å². The summed E-state index contributed by atoms with van der Waals surface area (Å²) in [5, 5.41) is 14.0. The van der Waals surface area contributed by atoms with Gasteiger partial charge >= 0.3 is 12.0 Å². The Morgan fingerprint density at radius 1 is 1.24 bits per heavy atom. The standard InChI is InChI=1S/C14H16F2N2O3/c15-10-5-3-4-9(11(10)16)8-17-13(21)18-14(12(19)20)6-1-2-7-14/h3-5H,1-2,6-8H2,(H,19,20)(H2,17,18,21). The molecule has 1 saturated carbocycles. The number of amides is 2. The number of carbonyl (C=O) groups is 2. The first-order chi connectivity index (χ1) is 9.94. The first-order valence-electron chi connectivity index (χ1n) is 6.67. The molecule has 0 bridgehead atoms. The number of hydrogen-bond donors (Lipinski definition) is 3. The number of aliphatic carboxylic acids is 1. The van der Waals surface area contributed by atoms with Crippen LogP contribution in [0.3, 0.4) is 0 Å². The molecule has 0 spiro atoms. The van der Waals surface area contributed by atoms with Gasteiger partial charge in [-0.15, -0.1) is 0 Å². The topological polar surface area (TPSA) is 78.4 Å². The van der Waals surface area contributed by atoms with Gasteiger partial charge < -0.3 is 15.7 Å². The summed E-state index contributed by atoms with van der Waals surface area (Å²) in [6.45, 7) is -0.217. The van der Waals surface area contributed by atoms with E-state index >= 15 is 0 Å². The maximum Gasteiger partial charge on any atom is 0.329 e. The van der Waals surface area contributed by atoms with Crippen molar-refractivity contribution in [1.29, 1.82) is 0 Å². The Kier molecular flexibility index (Phi) is 4.40. The molecule has 2 rings (SSSR count). The quantitative estimate of drug-likeness (QED) is 0.797. The maximum atomic E-state index is 13.4. The van der Waals surface area contributed by atoms with E-state index in [0.29, 0.717) is 12.8 Å². The molecule has 2 amide bonds. The second-order valence-electron chi connectivity index (χ2n) is 5.11. The SMILES string of the molecule is O=C(NCc1cccc(F)c1F)NC1(C(=O)O)CCCC1. The molecule has 21 heavy (non-hydrogen) atoms. The molecule has 7 heteroatoms. The van der Waals surface area contributed by atoms with Crippen LogP contribution in [0.5, 0.6) is 0 Å². The van der Waals surface area contributed by atoms with Gasteiger partial charge in [0.05, 0.1) is 0 Å². The third kappa shape index (κ3) is 3.29. The average molecular weight is 298 g/mol. The number of nitrogens with one attached hydrogen (secondary N) is 2. The van der Waals surface area contributed by atoms with Crippen molar-refractivity contribution in [2.75, 3.05) is 0 Å². The lowest BCUT2D eigenvalue weighted by atomic mass is 9.98. The number of urea groups is 1. The molecule has 1 aliphatic rings. The van der Waals surface area contributed by atoms with Crippen molar-refractivity contribution < 1.29 is 23.5 Å². The smallest absolute Gasteiger partial charge is 0.329 e. The molecule has 5 nitrogen and oxygen atoms in total. The van der Waals surface area contributed by atoms with Crippen molar-refractivity contribution in [2.45, 2.75) is 37.8 Å². The number of carboxylic acids is 1. The van der Waals surface area contributed by atoms with E-state index in [4.69, 9.17) is 0 Å². The zero-order chi connectivity index (χ0) is 15.5. The first kappa shape index (κ1) is 15.2. The normalized spacial score (nSPS) is 16.5. The number of halogens is 2. The third-order valence-corrected chi connectivity index (χ3v) is 3.69. The molecule has 0 unspecified atom stereocenters. The third-order valence-electron chi connectivity index (χ3n) is 3.69. The zero-order valence-electron chi connectivity index (χ0n) is 11.3. The summed E-state index contributed by atoms with van der Waals surface area (Å²) >= 11 is 0. The van der Waals surface area contributed by atoms with Crippen molar-refractivity contribution >= 4 is 12.0 Å². The number of hydrogen-bond acceptors (Lipinski definition) is 2. The van der Waals surface area contributed by atoms with Crippen molar-refractivity contribution in [3.05, 3.63) is 35.4 Å². The van der Waals surface area contributed by atoms with Crippen LogP contribution in [0, 0.1) is 11.6 Å². The molecule has 114 valence electrons. The van der Waals surface area contributed by atoms with E-state index in [1.54, 1.807) is 0 Å². The molecule has 3 N–H and O–H groups in total. The Hall–Kier alpha value is -2.18. The molecule has 1 aliphatic carbocycles. The molecule has 0 aromatic heterocycles. The second kappa shape index (κ2) is 6.07. The van der Waals surface area contributed by atoms with Crippen LogP contribution in [-0.2, 0) is 11.3 Å². The minimum absolute atomic E-state index is 0.000877. The molecular weight excluding hydrogens is 282 g/mol. The molecule has 0 aliphatic heterocycles. The number of carbonyl (C=O) groups excluding carboxylic acids is 1. The number of rotatable bonds is 4. The van der Waals surface area contributed by atoms with Crippen molar-refractivity contribution in [2.24, 2.45) is 0 Å². The highest BCUT2D eigenvalue weighted by atomic mass is 19.2. The van der Waals surface area contributed by atoms with Gasteiger partial charge in [0, 0.05) is 12.1 Å². The molecule has 0 radical (unpaired) electrons.